The van der Waals surface area contributed by atoms with E-state index in [2.05, 4.69) is 36.0 Å². The number of aromatic nitrogens is 5. The van der Waals surface area contributed by atoms with Crippen LogP contribution in [-0.2, 0) is 23.7 Å². The van der Waals surface area contributed by atoms with Crippen LogP contribution in [0.4, 0.5) is 31.9 Å². The normalized spacial score (nSPS) is 16.5. The lowest BCUT2D eigenvalue weighted by Crippen LogP contribution is -2.28. The molecule has 1 amide bonds. The fraction of sp³-hybridized carbons (Fsp3) is 0.292. The van der Waals surface area contributed by atoms with Crippen molar-refractivity contribution in [3.63, 3.8) is 0 Å². The SMILES string of the molecule is Cc1c(-c2cc3cc(Nc4cc5n(n4)CC(=O)NCC5)ncc3c(N)n2)cnc2c1NCCC2(F)F. The molecule has 2 aliphatic heterocycles. The van der Waals surface area contributed by atoms with Gasteiger partial charge >= 0.3 is 0 Å². The van der Waals surface area contributed by atoms with Crippen LogP contribution in [-0.4, -0.2) is 43.7 Å². The lowest BCUT2D eigenvalue weighted by molar-refractivity contribution is -0.121. The number of carbonyl (C=O) groups is 1. The van der Waals surface area contributed by atoms with E-state index >= 15 is 0 Å². The third kappa shape index (κ3) is 3.74. The minimum atomic E-state index is -2.97. The molecular weight excluding hydrogens is 468 g/mol. The number of fused-ring (bicyclic) bond motifs is 3. The summed E-state index contributed by atoms with van der Waals surface area (Å²) in [6.07, 6.45) is 3.45. The fourth-order valence-electron chi connectivity index (χ4n) is 4.71. The molecule has 0 bridgehead atoms. The first kappa shape index (κ1) is 22.1. The molecule has 5 N–H and O–H groups in total. The van der Waals surface area contributed by atoms with Gasteiger partial charge in [-0.05, 0) is 30.0 Å². The van der Waals surface area contributed by atoms with Gasteiger partial charge < -0.3 is 21.7 Å². The van der Waals surface area contributed by atoms with Crippen molar-refractivity contribution in [2.45, 2.75) is 32.2 Å². The van der Waals surface area contributed by atoms with Crippen molar-refractivity contribution in [2.24, 2.45) is 0 Å². The molecule has 184 valence electrons. The number of nitrogens with one attached hydrogen (secondary N) is 3. The molecule has 4 aromatic rings. The number of nitrogen functional groups attached to an aromatic ring is 1. The van der Waals surface area contributed by atoms with Crippen LogP contribution in [0.3, 0.4) is 0 Å². The maximum absolute atomic E-state index is 14.3. The maximum Gasteiger partial charge on any atom is 0.293 e. The van der Waals surface area contributed by atoms with Crippen molar-refractivity contribution in [1.29, 1.82) is 0 Å². The summed E-state index contributed by atoms with van der Waals surface area (Å²) in [7, 11) is 0. The number of nitrogens with zero attached hydrogens (tertiary/aromatic N) is 5. The summed E-state index contributed by atoms with van der Waals surface area (Å²) in [6, 6.07) is 5.55. The van der Waals surface area contributed by atoms with Gasteiger partial charge in [-0.2, -0.15) is 13.9 Å². The first-order valence-corrected chi connectivity index (χ1v) is 11.6. The number of carbonyl (C=O) groups excluding carboxylic acids is 1. The number of pyridine rings is 3. The van der Waals surface area contributed by atoms with Gasteiger partial charge in [0, 0.05) is 61.0 Å². The summed E-state index contributed by atoms with van der Waals surface area (Å²) in [4.78, 5) is 24.8. The molecule has 0 spiro atoms. The van der Waals surface area contributed by atoms with Crippen molar-refractivity contribution in [2.75, 3.05) is 29.5 Å². The molecule has 0 saturated heterocycles. The smallest absolute Gasteiger partial charge is 0.293 e. The molecule has 0 fully saturated rings. The molecule has 4 aromatic heterocycles. The van der Waals surface area contributed by atoms with Crippen LogP contribution in [0.2, 0.25) is 0 Å². The Hall–Kier alpha value is -4.35. The summed E-state index contributed by atoms with van der Waals surface area (Å²) < 4.78 is 30.4. The van der Waals surface area contributed by atoms with Gasteiger partial charge in [0.1, 0.15) is 23.9 Å². The molecule has 0 aromatic carbocycles. The Bertz CT molecular complexity index is 1530. The zero-order valence-corrected chi connectivity index (χ0v) is 19.4. The van der Waals surface area contributed by atoms with E-state index in [4.69, 9.17) is 5.73 Å². The predicted octanol–water partition coefficient (Wildman–Crippen LogP) is 3.10. The summed E-state index contributed by atoms with van der Waals surface area (Å²) in [6.45, 7) is 2.68. The quantitative estimate of drug-likeness (QED) is 0.343. The van der Waals surface area contributed by atoms with Crippen LogP contribution in [0, 0.1) is 6.92 Å². The van der Waals surface area contributed by atoms with E-state index in [0.717, 1.165) is 11.1 Å². The van der Waals surface area contributed by atoms with Crippen LogP contribution < -0.4 is 21.7 Å². The number of nitrogens with two attached hydrogens (primary N) is 1. The van der Waals surface area contributed by atoms with E-state index in [1.165, 1.54) is 6.20 Å². The maximum atomic E-state index is 14.3. The third-order valence-electron chi connectivity index (χ3n) is 6.56. The first-order chi connectivity index (χ1) is 17.3. The molecule has 2 aliphatic rings. The standard InChI is InChI=1S/C24H23F2N9O/c1-12-15(9-31-22-21(12)29-5-3-24(22,25)26)17-6-13-7-18(30-10-16(13)23(27)32-17)33-19-8-14-2-4-28-20(36)11-35(14)34-19/h6-10,29H,2-5,11H2,1H3,(H2,27,32)(H,28,36)(H,30,33,34). The Morgan fingerprint density at radius 1 is 1.11 bits per heavy atom. The first-order valence-electron chi connectivity index (χ1n) is 11.6. The molecular formula is C24H23F2N9O. The Balaban J connectivity index is 1.36. The van der Waals surface area contributed by atoms with Crippen molar-refractivity contribution >= 4 is 39.8 Å². The van der Waals surface area contributed by atoms with Gasteiger partial charge in [-0.25, -0.2) is 9.97 Å². The van der Waals surface area contributed by atoms with Crippen molar-refractivity contribution in [3.05, 3.63) is 47.5 Å². The molecule has 10 nitrogen and oxygen atoms in total. The zero-order valence-electron chi connectivity index (χ0n) is 19.4. The Kier molecular flexibility index (Phi) is 4.99. The summed E-state index contributed by atoms with van der Waals surface area (Å²) >= 11 is 0. The minimum Gasteiger partial charge on any atom is -0.383 e. The molecule has 12 heteroatoms. The van der Waals surface area contributed by atoms with Gasteiger partial charge in [0.25, 0.3) is 5.92 Å². The predicted molar refractivity (Wildman–Crippen MR) is 131 cm³/mol. The third-order valence-corrected chi connectivity index (χ3v) is 6.56. The lowest BCUT2D eigenvalue weighted by Gasteiger charge is -2.27. The van der Waals surface area contributed by atoms with Crippen LogP contribution in [0.25, 0.3) is 22.0 Å². The molecule has 6 rings (SSSR count). The van der Waals surface area contributed by atoms with E-state index in [1.807, 2.05) is 18.2 Å². The Labute approximate surface area is 204 Å². The monoisotopic (exact) mass is 491 g/mol. The van der Waals surface area contributed by atoms with E-state index in [0.29, 0.717) is 52.5 Å². The largest absolute Gasteiger partial charge is 0.383 e. The van der Waals surface area contributed by atoms with E-state index < -0.39 is 5.92 Å². The van der Waals surface area contributed by atoms with Crippen LogP contribution >= 0.6 is 0 Å². The molecule has 0 unspecified atom stereocenters. The highest BCUT2D eigenvalue weighted by atomic mass is 19.3. The lowest BCUT2D eigenvalue weighted by atomic mass is 9.97. The number of amides is 1. The number of rotatable bonds is 3. The second kappa shape index (κ2) is 8.11. The van der Waals surface area contributed by atoms with Gasteiger partial charge in [0.15, 0.2) is 5.82 Å². The summed E-state index contributed by atoms with van der Waals surface area (Å²) in [5.41, 5.74) is 9.08. The number of halogens is 2. The van der Waals surface area contributed by atoms with Crippen LogP contribution in [0.15, 0.2) is 30.6 Å². The Morgan fingerprint density at radius 2 is 1.97 bits per heavy atom. The molecule has 0 saturated carbocycles. The van der Waals surface area contributed by atoms with Crippen LogP contribution in [0.1, 0.15) is 23.4 Å². The molecule has 0 radical (unpaired) electrons. The second-order valence-corrected chi connectivity index (χ2v) is 8.99. The molecule has 36 heavy (non-hydrogen) atoms. The average molecular weight is 492 g/mol. The van der Waals surface area contributed by atoms with Crippen molar-refractivity contribution in [3.8, 4) is 11.3 Å². The molecule has 0 atom stereocenters. The molecule has 0 aliphatic carbocycles. The van der Waals surface area contributed by atoms with Gasteiger partial charge in [0.2, 0.25) is 5.91 Å². The highest BCUT2D eigenvalue weighted by molar-refractivity contribution is 5.95. The second-order valence-electron chi connectivity index (χ2n) is 8.99. The van der Waals surface area contributed by atoms with E-state index in [9.17, 15) is 13.6 Å². The number of hydrogen-bond acceptors (Lipinski definition) is 8. The van der Waals surface area contributed by atoms with Gasteiger partial charge in [-0.15, -0.1) is 0 Å². The van der Waals surface area contributed by atoms with Crippen LogP contribution in [0.5, 0.6) is 0 Å². The Morgan fingerprint density at radius 3 is 2.83 bits per heavy atom. The summed E-state index contributed by atoms with van der Waals surface area (Å²) in [5.74, 6) is -1.65. The fourth-order valence-corrected chi connectivity index (χ4v) is 4.71. The van der Waals surface area contributed by atoms with E-state index in [1.54, 1.807) is 17.8 Å². The van der Waals surface area contributed by atoms with E-state index in [-0.39, 0.29) is 36.9 Å². The highest BCUT2D eigenvalue weighted by Crippen LogP contribution is 2.42. The highest BCUT2D eigenvalue weighted by Gasteiger charge is 2.39. The zero-order chi connectivity index (χ0) is 25.0. The van der Waals surface area contributed by atoms with Gasteiger partial charge in [0.05, 0.1) is 11.4 Å². The number of alkyl halides is 2. The van der Waals surface area contributed by atoms with Crippen molar-refractivity contribution < 1.29 is 13.6 Å². The molecule has 6 heterocycles. The van der Waals surface area contributed by atoms with Gasteiger partial charge in [-0.1, -0.05) is 0 Å². The number of anilines is 4. The minimum absolute atomic E-state index is 0.0754. The average Bonchev–Trinajstić information content (AvgIpc) is 3.10. The van der Waals surface area contributed by atoms with Gasteiger partial charge in [-0.3, -0.25) is 14.5 Å². The summed E-state index contributed by atoms with van der Waals surface area (Å²) in [5, 5.41) is 15.0. The number of hydrogen-bond donors (Lipinski definition) is 4. The topological polar surface area (TPSA) is 136 Å². The van der Waals surface area contributed by atoms with Crippen molar-refractivity contribution in [1.82, 2.24) is 30.0 Å².